The summed E-state index contributed by atoms with van der Waals surface area (Å²) in [7, 11) is 0. The van der Waals surface area contributed by atoms with Gasteiger partial charge in [-0.2, -0.15) is 0 Å². The third-order valence-corrected chi connectivity index (χ3v) is 6.61. The van der Waals surface area contributed by atoms with Crippen molar-refractivity contribution in [3.63, 3.8) is 0 Å². The van der Waals surface area contributed by atoms with Crippen LogP contribution in [0.4, 0.5) is 0 Å². The summed E-state index contributed by atoms with van der Waals surface area (Å²) in [6.45, 7) is 15.4. The number of ether oxygens (including phenoxy) is 3. The molecule has 0 amide bonds. The van der Waals surface area contributed by atoms with Crippen LogP contribution in [0.5, 0.6) is 11.5 Å². The SMILES string of the molecule is C=C(NC(Cc1ccc(OCc2ccccc2)cc1)C(O)CNSc1ccc(C)c(OCC)c1)OC(C)(C)C. The van der Waals surface area contributed by atoms with E-state index in [4.69, 9.17) is 14.2 Å². The zero-order valence-electron chi connectivity index (χ0n) is 23.7. The highest BCUT2D eigenvalue weighted by Crippen LogP contribution is 2.25. The van der Waals surface area contributed by atoms with Crippen LogP contribution in [0.15, 0.2) is 90.2 Å². The van der Waals surface area contributed by atoms with Gasteiger partial charge in [-0.05, 0) is 101 Å². The molecule has 0 fully saturated rings. The van der Waals surface area contributed by atoms with Crippen molar-refractivity contribution in [3.05, 3.63) is 102 Å². The summed E-state index contributed by atoms with van der Waals surface area (Å²) >= 11 is 1.47. The van der Waals surface area contributed by atoms with Crippen LogP contribution in [0.3, 0.4) is 0 Å². The van der Waals surface area contributed by atoms with Gasteiger partial charge in [0.1, 0.15) is 23.7 Å². The lowest BCUT2D eigenvalue weighted by Gasteiger charge is -2.30. The molecule has 0 saturated carbocycles. The molecule has 0 bridgehead atoms. The van der Waals surface area contributed by atoms with Crippen LogP contribution in [0.2, 0.25) is 0 Å². The fourth-order valence-electron chi connectivity index (χ4n) is 3.91. The van der Waals surface area contributed by atoms with E-state index in [0.717, 1.165) is 33.1 Å². The smallest absolute Gasteiger partial charge is 0.180 e. The number of hydrogen-bond donors (Lipinski definition) is 3. The number of aliphatic hydroxyl groups excluding tert-OH is 1. The van der Waals surface area contributed by atoms with E-state index in [9.17, 15) is 5.11 Å². The van der Waals surface area contributed by atoms with Gasteiger partial charge in [0, 0.05) is 11.4 Å². The van der Waals surface area contributed by atoms with Crippen LogP contribution in [0.25, 0.3) is 0 Å². The van der Waals surface area contributed by atoms with Gasteiger partial charge in [0.25, 0.3) is 0 Å². The van der Waals surface area contributed by atoms with Crippen LogP contribution in [0, 0.1) is 6.92 Å². The summed E-state index contributed by atoms with van der Waals surface area (Å²) in [6, 6.07) is 23.8. The first kappa shape index (κ1) is 30.4. The zero-order valence-corrected chi connectivity index (χ0v) is 24.5. The van der Waals surface area contributed by atoms with E-state index >= 15 is 0 Å². The van der Waals surface area contributed by atoms with Crippen molar-refractivity contribution in [1.29, 1.82) is 0 Å². The molecule has 2 unspecified atom stereocenters. The summed E-state index contributed by atoms with van der Waals surface area (Å²) in [4.78, 5) is 1.02. The van der Waals surface area contributed by atoms with Gasteiger partial charge in [0.05, 0.1) is 18.8 Å². The van der Waals surface area contributed by atoms with E-state index in [1.807, 2.05) is 107 Å². The van der Waals surface area contributed by atoms with Gasteiger partial charge in [-0.25, -0.2) is 0 Å². The molecular weight excluding hydrogens is 508 g/mol. The maximum absolute atomic E-state index is 11.2. The van der Waals surface area contributed by atoms with Gasteiger partial charge in [-0.1, -0.05) is 48.5 Å². The molecule has 0 aliphatic carbocycles. The first-order chi connectivity index (χ1) is 18.6. The Morgan fingerprint density at radius 2 is 1.69 bits per heavy atom. The molecule has 3 N–H and O–H groups in total. The lowest BCUT2D eigenvalue weighted by Crippen LogP contribution is -2.46. The van der Waals surface area contributed by atoms with Gasteiger partial charge < -0.3 is 24.6 Å². The molecule has 0 aliphatic rings. The maximum atomic E-state index is 11.2. The summed E-state index contributed by atoms with van der Waals surface area (Å²) < 4.78 is 20.8. The number of benzene rings is 3. The normalized spacial score (nSPS) is 12.9. The van der Waals surface area contributed by atoms with Crippen molar-refractivity contribution in [1.82, 2.24) is 10.0 Å². The van der Waals surface area contributed by atoms with Crippen LogP contribution in [0.1, 0.15) is 44.4 Å². The minimum Gasteiger partial charge on any atom is -0.494 e. The van der Waals surface area contributed by atoms with Gasteiger partial charge in [0.15, 0.2) is 5.88 Å². The van der Waals surface area contributed by atoms with Gasteiger partial charge in [0.2, 0.25) is 0 Å². The number of rotatable bonds is 15. The number of nitrogens with one attached hydrogen (secondary N) is 2. The highest BCUT2D eigenvalue weighted by Gasteiger charge is 2.22. The summed E-state index contributed by atoms with van der Waals surface area (Å²) in [5.41, 5.74) is 2.89. The van der Waals surface area contributed by atoms with Crippen molar-refractivity contribution >= 4 is 11.9 Å². The Morgan fingerprint density at radius 1 is 0.974 bits per heavy atom. The maximum Gasteiger partial charge on any atom is 0.180 e. The molecule has 6 nitrogen and oxygen atoms in total. The quantitative estimate of drug-likeness (QED) is 0.149. The van der Waals surface area contributed by atoms with Crippen LogP contribution < -0.4 is 19.5 Å². The molecule has 39 heavy (non-hydrogen) atoms. The van der Waals surface area contributed by atoms with Crippen molar-refractivity contribution in [2.45, 2.75) is 70.3 Å². The summed E-state index contributed by atoms with van der Waals surface area (Å²) in [5.74, 6) is 2.11. The van der Waals surface area contributed by atoms with Crippen LogP contribution in [-0.2, 0) is 17.8 Å². The van der Waals surface area contributed by atoms with Gasteiger partial charge >= 0.3 is 0 Å². The van der Waals surface area contributed by atoms with Gasteiger partial charge in [-0.3, -0.25) is 4.72 Å². The second-order valence-corrected chi connectivity index (χ2v) is 11.4. The molecule has 3 aromatic carbocycles. The molecule has 0 radical (unpaired) electrons. The first-order valence-electron chi connectivity index (χ1n) is 13.3. The molecular formula is C32H42N2O4S. The Kier molecular flexibility index (Phi) is 11.6. The standard InChI is InChI=1S/C32H42N2O4S/c1-7-36-31-20-28(18-13-23(31)2)39-33-21-30(35)29(34-24(3)38-32(4,5)6)19-25-14-16-27(17-15-25)37-22-26-11-9-8-10-12-26/h8-18,20,29-30,33-35H,3,7,19,21-22H2,1-2,4-6H3. The highest BCUT2D eigenvalue weighted by atomic mass is 32.2. The molecule has 7 heteroatoms. The lowest BCUT2D eigenvalue weighted by molar-refractivity contribution is 0.0294. The topological polar surface area (TPSA) is 72.0 Å². The largest absolute Gasteiger partial charge is 0.494 e. The average Bonchev–Trinajstić information content (AvgIpc) is 2.89. The Bertz CT molecular complexity index is 1160. The first-order valence-corrected chi connectivity index (χ1v) is 14.2. The van der Waals surface area contributed by atoms with Crippen LogP contribution >= 0.6 is 11.9 Å². The molecule has 0 heterocycles. The minimum atomic E-state index is -0.705. The Hall–Kier alpha value is -3.13. The highest BCUT2D eigenvalue weighted by molar-refractivity contribution is 7.97. The predicted octanol–water partition coefficient (Wildman–Crippen LogP) is 6.42. The third-order valence-electron chi connectivity index (χ3n) is 5.81. The molecule has 210 valence electrons. The lowest BCUT2D eigenvalue weighted by atomic mass is 10.0. The zero-order chi connectivity index (χ0) is 28.3. The third kappa shape index (κ3) is 10.9. The monoisotopic (exact) mass is 550 g/mol. The number of aryl methyl sites for hydroxylation is 1. The van der Waals surface area contributed by atoms with Crippen LogP contribution in [-0.4, -0.2) is 36.0 Å². The Labute approximate surface area is 237 Å². The number of hydrogen-bond acceptors (Lipinski definition) is 7. The van der Waals surface area contributed by atoms with E-state index in [1.165, 1.54) is 11.9 Å². The molecule has 0 spiro atoms. The van der Waals surface area contributed by atoms with Crippen molar-refractivity contribution < 1.29 is 19.3 Å². The Morgan fingerprint density at radius 3 is 2.36 bits per heavy atom. The number of aliphatic hydroxyl groups is 1. The fraction of sp³-hybridized carbons (Fsp3) is 0.375. The van der Waals surface area contributed by atoms with Crippen molar-refractivity contribution in [3.8, 4) is 11.5 Å². The van der Waals surface area contributed by atoms with E-state index < -0.39 is 11.7 Å². The summed E-state index contributed by atoms with van der Waals surface area (Å²) in [6.07, 6.45) is -0.124. The Balaban J connectivity index is 1.61. The molecule has 2 atom stereocenters. The average molecular weight is 551 g/mol. The minimum absolute atomic E-state index is 0.318. The summed E-state index contributed by atoms with van der Waals surface area (Å²) in [5, 5.41) is 14.5. The van der Waals surface area contributed by atoms with E-state index in [2.05, 4.69) is 16.6 Å². The predicted molar refractivity (Wildman–Crippen MR) is 160 cm³/mol. The van der Waals surface area contributed by atoms with Crippen molar-refractivity contribution in [2.24, 2.45) is 0 Å². The van der Waals surface area contributed by atoms with Crippen molar-refractivity contribution in [2.75, 3.05) is 13.2 Å². The second-order valence-electron chi connectivity index (χ2n) is 10.4. The fourth-order valence-corrected chi connectivity index (χ4v) is 4.64. The molecule has 3 rings (SSSR count). The molecule has 0 aromatic heterocycles. The van der Waals surface area contributed by atoms with E-state index in [-0.39, 0.29) is 6.04 Å². The second kappa shape index (κ2) is 14.9. The van der Waals surface area contributed by atoms with Gasteiger partial charge in [-0.15, -0.1) is 0 Å². The van der Waals surface area contributed by atoms with E-state index in [1.54, 1.807) is 0 Å². The molecule has 0 aliphatic heterocycles. The molecule has 3 aromatic rings. The van der Waals surface area contributed by atoms with E-state index in [0.29, 0.717) is 32.1 Å². The molecule has 0 saturated heterocycles.